The second kappa shape index (κ2) is 8.73. The molecule has 1 N–H and O–H groups in total. The minimum atomic E-state index is 0.0667. The molecule has 0 radical (unpaired) electrons. The van der Waals surface area contributed by atoms with Crippen LogP contribution < -0.4 is 10.2 Å². The van der Waals surface area contributed by atoms with Gasteiger partial charge in [0.05, 0.1) is 23.7 Å². The highest BCUT2D eigenvalue weighted by Gasteiger charge is 2.30. The van der Waals surface area contributed by atoms with E-state index in [0.29, 0.717) is 6.61 Å². The molecule has 1 amide bonds. The lowest BCUT2D eigenvalue weighted by atomic mass is 9.95. The van der Waals surface area contributed by atoms with Crippen molar-refractivity contribution in [1.82, 2.24) is 14.9 Å². The second-order valence-electron chi connectivity index (χ2n) is 10.4. The molecule has 1 aliphatic carbocycles. The standard InChI is InChI=1S/C28H34N4O2/c1-18-15-25-26(16-19(18)2)32(24-7-5-21(6-8-24)20-3-4-20)28(30-25)31-12-9-22(10-13-31)27(33)29-23-11-14-34-17-23/h5-8,15-16,20,22-23H,3-4,9-14,17H2,1-2H3,(H,29,33)/t23-/m1/s1. The molecular weight excluding hydrogens is 424 g/mol. The Hall–Kier alpha value is -2.86. The molecule has 1 atom stereocenters. The van der Waals surface area contributed by atoms with Gasteiger partial charge in [-0.05, 0) is 92.8 Å². The summed E-state index contributed by atoms with van der Waals surface area (Å²) in [6, 6.07) is 13.7. The molecule has 1 aromatic heterocycles. The number of carbonyl (C=O) groups is 1. The van der Waals surface area contributed by atoms with Gasteiger partial charge in [-0.25, -0.2) is 4.98 Å². The molecule has 0 bridgehead atoms. The van der Waals surface area contributed by atoms with Crippen LogP contribution in [-0.2, 0) is 9.53 Å². The molecule has 0 spiro atoms. The summed E-state index contributed by atoms with van der Waals surface area (Å²) in [5.41, 5.74) is 7.33. The summed E-state index contributed by atoms with van der Waals surface area (Å²) >= 11 is 0. The Morgan fingerprint density at radius 3 is 2.41 bits per heavy atom. The van der Waals surface area contributed by atoms with Crippen molar-refractivity contribution in [2.45, 2.75) is 57.9 Å². The van der Waals surface area contributed by atoms with Gasteiger partial charge in [0.15, 0.2) is 0 Å². The number of nitrogens with zero attached hydrogens (tertiary/aromatic N) is 3. The van der Waals surface area contributed by atoms with Crippen molar-refractivity contribution in [3.63, 3.8) is 0 Å². The van der Waals surface area contributed by atoms with Crippen molar-refractivity contribution in [2.24, 2.45) is 5.92 Å². The number of amides is 1. The number of aryl methyl sites for hydroxylation is 2. The number of fused-ring (bicyclic) bond motifs is 1. The third-order valence-corrected chi connectivity index (χ3v) is 7.88. The Morgan fingerprint density at radius 1 is 1.00 bits per heavy atom. The number of carbonyl (C=O) groups excluding carboxylic acids is 1. The van der Waals surface area contributed by atoms with Gasteiger partial charge >= 0.3 is 0 Å². The maximum atomic E-state index is 12.8. The topological polar surface area (TPSA) is 59.4 Å². The lowest BCUT2D eigenvalue weighted by Gasteiger charge is -2.32. The van der Waals surface area contributed by atoms with Crippen LogP contribution in [0.4, 0.5) is 5.95 Å². The average Bonchev–Trinajstić information content (AvgIpc) is 3.46. The van der Waals surface area contributed by atoms with Crippen LogP contribution in [0.15, 0.2) is 36.4 Å². The van der Waals surface area contributed by atoms with Gasteiger partial charge in [0.25, 0.3) is 0 Å². The Labute approximate surface area is 201 Å². The third-order valence-electron chi connectivity index (χ3n) is 7.88. The molecule has 2 saturated heterocycles. The molecule has 1 saturated carbocycles. The zero-order valence-electron chi connectivity index (χ0n) is 20.2. The molecular formula is C28H34N4O2. The van der Waals surface area contributed by atoms with Crippen LogP contribution in [0.2, 0.25) is 0 Å². The second-order valence-corrected chi connectivity index (χ2v) is 10.4. The quantitative estimate of drug-likeness (QED) is 0.605. The van der Waals surface area contributed by atoms with Crippen LogP contribution in [0.25, 0.3) is 16.7 Å². The van der Waals surface area contributed by atoms with Crippen molar-refractivity contribution < 1.29 is 9.53 Å². The van der Waals surface area contributed by atoms with Crippen LogP contribution in [0.5, 0.6) is 0 Å². The SMILES string of the molecule is Cc1cc2nc(N3CCC(C(=O)N[C@@H]4CCOC4)CC3)n(-c3ccc(C4CC4)cc3)c2cc1C. The highest BCUT2D eigenvalue weighted by molar-refractivity contribution is 5.83. The molecule has 3 aromatic rings. The highest BCUT2D eigenvalue weighted by Crippen LogP contribution is 2.40. The first kappa shape index (κ1) is 21.7. The van der Waals surface area contributed by atoms with Crippen molar-refractivity contribution in [2.75, 3.05) is 31.2 Å². The summed E-state index contributed by atoms with van der Waals surface area (Å²) in [5.74, 6) is 1.99. The van der Waals surface area contributed by atoms with Gasteiger partial charge in [-0.3, -0.25) is 9.36 Å². The van der Waals surface area contributed by atoms with Crippen molar-refractivity contribution in [3.8, 4) is 5.69 Å². The van der Waals surface area contributed by atoms with E-state index in [2.05, 4.69) is 65.0 Å². The van der Waals surface area contributed by atoms with E-state index in [1.54, 1.807) is 0 Å². The van der Waals surface area contributed by atoms with Crippen LogP contribution >= 0.6 is 0 Å². The van der Waals surface area contributed by atoms with Crippen molar-refractivity contribution in [3.05, 3.63) is 53.1 Å². The summed E-state index contributed by atoms with van der Waals surface area (Å²) in [4.78, 5) is 20.3. The van der Waals surface area contributed by atoms with Gasteiger partial charge < -0.3 is 15.0 Å². The number of hydrogen-bond acceptors (Lipinski definition) is 4. The number of aromatic nitrogens is 2. The van der Waals surface area contributed by atoms with Gasteiger partial charge in [-0.1, -0.05) is 12.1 Å². The molecule has 6 rings (SSSR count). The molecule has 2 aliphatic heterocycles. The number of nitrogens with one attached hydrogen (secondary N) is 1. The van der Waals surface area contributed by atoms with Crippen molar-refractivity contribution in [1.29, 1.82) is 0 Å². The summed E-state index contributed by atoms with van der Waals surface area (Å²) < 4.78 is 7.72. The van der Waals surface area contributed by atoms with E-state index in [1.807, 2.05) is 0 Å². The molecule has 6 heteroatoms. The molecule has 34 heavy (non-hydrogen) atoms. The lowest BCUT2D eigenvalue weighted by molar-refractivity contribution is -0.126. The number of rotatable bonds is 5. The molecule has 3 aliphatic rings. The number of anilines is 1. The fourth-order valence-corrected chi connectivity index (χ4v) is 5.41. The van der Waals surface area contributed by atoms with Gasteiger partial charge in [0.1, 0.15) is 0 Å². The van der Waals surface area contributed by atoms with Crippen LogP contribution in [0.3, 0.4) is 0 Å². The summed E-state index contributed by atoms with van der Waals surface area (Å²) in [5, 5.41) is 3.19. The Balaban J connectivity index is 1.28. The number of hydrogen-bond donors (Lipinski definition) is 1. The first-order valence-corrected chi connectivity index (χ1v) is 12.8. The third kappa shape index (κ3) is 4.09. The highest BCUT2D eigenvalue weighted by atomic mass is 16.5. The van der Waals surface area contributed by atoms with E-state index in [4.69, 9.17) is 9.72 Å². The lowest BCUT2D eigenvalue weighted by Crippen LogP contribution is -2.44. The maximum Gasteiger partial charge on any atom is 0.223 e. The molecule has 2 aromatic carbocycles. The van der Waals surface area contributed by atoms with Gasteiger partial charge in [0.2, 0.25) is 11.9 Å². The number of benzene rings is 2. The van der Waals surface area contributed by atoms with E-state index in [0.717, 1.165) is 67.5 Å². The van der Waals surface area contributed by atoms with E-state index >= 15 is 0 Å². The first-order valence-electron chi connectivity index (χ1n) is 12.8. The minimum absolute atomic E-state index is 0.0667. The largest absolute Gasteiger partial charge is 0.379 e. The summed E-state index contributed by atoms with van der Waals surface area (Å²) in [6.45, 7) is 7.38. The smallest absolute Gasteiger partial charge is 0.223 e. The fourth-order valence-electron chi connectivity index (χ4n) is 5.41. The monoisotopic (exact) mass is 458 g/mol. The van der Waals surface area contributed by atoms with E-state index in [1.165, 1.54) is 29.5 Å². The fraction of sp³-hybridized carbons (Fsp3) is 0.500. The molecule has 178 valence electrons. The predicted octanol–water partition coefficient (Wildman–Crippen LogP) is 4.64. The predicted molar refractivity (Wildman–Crippen MR) is 135 cm³/mol. The van der Waals surface area contributed by atoms with Crippen LogP contribution in [0, 0.1) is 19.8 Å². The Bertz CT molecular complexity index is 1200. The number of imidazole rings is 1. The van der Waals surface area contributed by atoms with Crippen molar-refractivity contribution >= 4 is 22.9 Å². The zero-order valence-corrected chi connectivity index (χ0v) is 20.2. The van der Waals surface area contributed by atoms with Gasteiger partial charge in [-0.2, -0.15) is 0 Å². The first-order chi connectivity index (χ1) is 16.6. The van der Waals surface area contributed by atoms with E-state index < -0.39 is 0 Å². The Kier molecular flexibility index (Phi) is 5.56. The summed E-state index contributed by atoms with van der Waals surface area (Å²) in [6.07, 6.45) is 5.25. The average molecular weight is 459 g/mol. The number of piperidine rings is 1. The van der Waals surface area contributed by atoms with E-state index in [-0.39, 0.29) is 17.9 Å². The van der Waals surface area contributed by atoms with Crippen LogP contribution in [-0.4, -0.2) is 47.8 Å². The molecule has 3 fully saturated rings. The van der Waals surface area contributed by atoms with E-state index in [9.17, 15) is 4.79 Å². The van der Waals surface area contributed by atoms with Gasteiger partial charge in [0, 0.05) is 31.3 Å². The maximum absolute atomic E-state index is 12.8. The molecule has 0 unspecified atom stereocenters. The number of ether oxygens (including phenoxy) is 1. The normalized spacial score (nSPS) is 21.4. The zero-order chi connectivity index (χ0) is 23.2. The minimum Gasteiger partial charge on any atom is -0.379 e. The summed E-state index contributed by atoms with van der Waals surface area (Å²) in [7, 11) is 0. The Morgan fingerprint density at radius 2 is 1.74 bits per heavy atom. The van der Waals surface area contributed by atoms with Gasteiger partial charge in [-0.15, -0.1) is 0 Å². The van der Waals surface area contributed by atoms with Crippen LogP contribution in [0.1, 0.15) is 54.7 Å². The molecule has 6 nitrogen and oxygen atoms in total. The molecule has 3 heterocycles.